The maximum atomic E-state index is 2.75. The molecule has 0 fully saturated rings. The number of hydrogen-bond acceptors (Lipinski definition) is 1. The van der Waals surface area contributed by atoms with Gasteiger partial charge in [-0.25, -0.2) is 0 Å². The highest BCUT2D eigenvalue weighted by Gasteiger charge is 2.45. The highest BCUT2D eigenvalue weighted by molar-refractivity contribution is 7.45. The molecule has 50 heavy (non-hydrogen) atoms. The molecule has 0 amide bonds. The Bertz CT molecular complexity index is 2060. The van der Waals surface area contributed by atoms with Crippen LogP contribution in [0.3, 0.4) is 0 Å². The molecule has 4 heteroatoms. The third-order valence-corrected chi connectivity index (χ3v) is 11.4. The molecule has 0 aliphatic carbocycles. The summed E-state index contributed by atoms with van der Waals surface area (Å²) in [5, 5.41) is 0. The third kappa shape index (κ3) is 6.74. The number of aryl methyl sites for hydroxylation is 12. The second-order valence-corrected chi connectivity index (χ2v) is 15.9. The number of amidine groups is 1. The monoisotopic (exact) mass is 658 g/mol. The average molecular weight is 659 g/mol. The second-order valence-electron chi connectivity index (χ2n) is 15.9. The van der Waals surface area contributed by atoms with E-state index in [0.29, 0.717) is 6.60 Å². The van der Waals surface area contributed by atoms with Crippen LogP contribution in [0.4, 0.5) is 11.4 Å². The highest BCUT2D eigenvalue weighted by atomic mass is 15.3. The third-order valence-electron chi connectivity index (χ3n) is 11.4. The summed E-state index contributed by atoms with van der Waals surface area (Å²) < 4.78 is 2.75. The average Bonchev–Trinajstić information content (AvgIpc) is 3.58. The van der Waals surface area contributed by atoms with Gasteiger partial charge in [-0.3, -0.25) is 9.48 Å². The summed E-state index contributed by atoms with van der Waals surface area (Å²) in [6, 6.07) is 29.5. The molecule has 7 rings (SSSR count). The van der Waals surface area contributed by atoms with E-state index in [-0.39, 0.29) is 0 Å². The quantitative estimate of drug-likeness (QED) is 0.138. The summed E-state index contributed by atoms with van der Waals surface area (Å²) in [7, 11) is 0. The molecule has 0 radical (unpaired) electrons. The van der Waals surface area contributed by atoms with E-state index in [2.05, 4.69) is 153 Å². The molecule has 5 aromatic rings. The van der Waals surface area contributed by atoms with Crippen LogP contribution < -0.4 is 15.8 Å². The molecule has 0 unspecified atom stereocenters. The fourth-order valence-corrected chi connectivity index (χ4v) is 10.2. The van der Waals surface area contributed by atoms with E-state index in [4.69, 9.17) is 0 Å². The maximum absolute atomic E-state index is 2.75. The summed E-state index contributed by atoms with van der Waals surface area (Å²) in [5.74, 6) is 0. The lowest BCUT2D eigenvalue weighted by Crippen LogP contribution is -2.60. The molecular formula is C46H56B2N2. The highest BCUT2D eigenvalue weighted by Crippen LogP contribution is 2.35. The van der Waals surface area contributed by atoms with Gasteiger partial charge in [0.25, 0.3) is 0 Å². The van der Waals surface area contributed by atoms with Crippen LogP contribution in [0.1, 0.15) is 72.3 Å². The van der Waals surface area contributed by atoms with E-state index in [0.717, 1.165) is 19.4 Å². The van der Waals surface area contributed by atoms with Crippen LogP contribution in [0.25, 0.3) is 0 Å². The largest absolute Gasteiger partial charge is 0.264 e. The molecule has 5 aromatic carbocycles. The first-order valence-corrected chi connectivity index (χ1v) is 18.7. The van der Waals surface area contributed by atoms with E-state index in [1.165, 1.54) is 78.1 Å². The van der Waals surface area contributed by atoms with Crippen molar-refractivity contribution in [2.24, 2.45) is 0 Å². The molecule has 0 saturated carbocycles. The zero-order valence-corrected chi connectivity index (χ0v) is 32.8. The fraction of sp³-hybridized carbons (Fsp3) is 0.326. The zero-order chi connectivity index (χ0) is 36.0. The first kappa shape index (κ1) is 35.5. The van der Waals surface area contributed by atoms with E-state index in [1.54, 1.807) is 22.2 Å². The van der Waals surface area contributed by atoms with Crippen LogP contribution in [0.15, 0.2) is 78.9 Å². The van der Waals surface area contributed by atoms with Gasteiger partial charge in [0.2, 0.25) is 0 Å². The number of hydrogen-bond donors (Lipinski definition) is 0. The van der Waals surface area contributed by atoms with Gasteiger partial charge in [-0.05, 0) is 105 Å². The van der Waals surface area contributed by atoms with Gasteiger partial charge in [0.15, 0.2) is 0 Å². The van der Waals surface area contributed by atoms with E-state index >= 15 is 0 Å². The van der Waals surface area contributed by atoms with Crippen molar-refractivity contribution in [1.29, 1.82) is 0 Å². The van der Waals surface area contributed by atoms with Gasteiger partial charge in [-0.1, -0.05) is 129 Å². The number of benzene rings is 5. The van der Waals surface area contributed by atoms with Crippen molar-refractivity contribution in [3.63, 3.8) is 0 Å². The van der Waals surface area contributed by atoms with Gasteiger partial charge >= 0.3 is 0 Å². The molecule has 0 spiro atoms. The fourth-order valence-electron chi connectivity index (χ4n) is 10.2. The lowest BCUT2D eigenvalue weighted by Gasteiger charge is -2.32. The lowest BCUT2D eigenvalue weighted by atomic mass is 9.06. The molecule has 256 valence electrons. The first-order valence-electron chi connectivity index (χ1n) is 18.7. The molecule has 0 saturated heterocycles. The van der Waals surface area contributed by atoms with Gasteiger partial charge in [0.1, 0.15) is 31.1 Å². The van der Waals surface area contributed by atoms with Gasteiger partial charge < -0.3 is 0 Å². The Morgan fingerprint density at radius 3 is 1.48 bits per heavy atom. The Balaban J connectivity index is 0.000000552. The van der Waals surface area contributed by atoms with Crippen molar-refractivity contribution in [2.45, 2.75) is 89.4 Å². The van der Waals surface area contributed by atoms with E-state index < -0.39 is 6.60 Å². The minimum Gasteiger partial charge on any atom is -0.264 e. The summed E-state index contributed by atoms with van der Waals surface area (Å²) in [6.45, 7) is 28.9. The van der Waals surface area contributed by atoms with Crippen molar-refractivity contribution in [3.8, 4) is 0 Å². The Morgan fingerprint density at radius 1 is 0.520 bits per heavy atom. The molecule has 2 heterocycles. The summed E-state index contributed by atoms with van der Waals surface area (Å²) in [6.07, 6.45) is 1.14. The molecule has 2 aliphatic rings. The maximum Gasteiger partial charge on any atom is 0.129 e. The number of rotatable bonds is 4. The van der Waals surface area contributed by atoms with Gasteiger partial charge in [-0.2, -0.15) is 0 Å². The summed E-state index contributed by atoms with van der Waals surface area (Å²) >= 11 is 0. The molecule has 1 atom stereocenters. The van der Waals surface area contributed by atoms with Gasteiger partial charge in [0, 0.05) is 0 Å². The summed E-state index contributed by atoms with van der Waals surface area (Å²) in [5.41, 5.74) is 25.7. The molecule has 2 aliphatic heterocycles. The van der Waals surface area contributed by atoms with Crippen molar-refractivity contribution >= 4 is 41.2 Å². The lowest BCUT2D eigenvalue weighted by molar-refractivity contribution is -0.427. The van der Waals surface area contributed by atoms with Crippen molar-refractivity contribution in [2.75, 3.05) is 18.0 Å². The van der Waals surface area contributed by atoms with Crippen molar-refractivity contribution < 1.29 is 4.58 Å². The molecule has 0 aromatic heterocycles. The smallest absolute Gasteiger partial charge is 0.129 e. The van der Waals surface area contributed by atoms with Crippen LogP contribution in [0, 0.1) is 83.1 Å². The Morgan fingerprint density at radius 2 is 0.980 bits per heavy atom. The topological polar surface area (TPSA) is 6.25 Å². The SMILES string of the molecule is Cc1cc(C)c(B2[B@@H-](C3=[N+](c4c(C)cc(C)cc4C)CCN3c3c(C)cc(C)cc3C)Cc3cc(C)cc(C)c32)c(C)c1.Cc1ccccc1. The van der Waals surface area contributed by atoms with E-state index in [1.807, 2.05) is 18.2 Å². The second kappa shape index (κ2) is 14.1. The first-order chi connectivity index (χ1) is 23.7. The zero-order valence-electron chi connectivity index (χ0n) is 32.8. The minimum atomic E-state index is -0.873. The molecular weight excluding hydrogens is 602 g/mol. The van der Waals surface area contributed by atoms with Crippen LogP contribution in [0.5, 0.6) is 0 Å². The Labute approximate surface area is 303 Å². The van der Waals surface area contributed by atoms with E-state index in [9.17, 15) is 0 Å². The van der Waals surface area contributed by atoms with Crippen LogP contribution in [-0.2, 0) is 6.32 Å². The van der Waals surface area contributed by atoms with Crippen LogP contribution >= 0.6 is 0 Å². The van der Waals surface area contributed by atoms with Gasteiger partial charge in [-0.15, -0.1) is 17.2 Å². The molecule has 2 nitrogen and oxygen atoms in total. The van der Waals surface area contributed by atoms with Crippen molar-refractivity contribution in [3.05, 3.63) is 151 Å². The van der Waals surface area contributed by atoms with Gasteiger partial charge in [0.05, 0.1) is 12.3 Å². The molecule has 0 bridgehead atoms. The number of anilines is 1. The Kier molecular flexibility index (Phi) is 10.0. The normalized spacial score (nSPS) is 15.4. The minimum absolute atomic E-state index is 0.395. The van der Waals surface area contributed by atoms with Crippen LogP contribution in [0.2, 0.25) is 0 Å². The standard InChI is InChI=1S/C39H48B2N2.C7H8/c1-23-14-27(5)35(28(6)15-23)41-36-29(7)16-26(4)21-34(36)22-40(41)39-42(37-30(8)17-24(2)18-31(37)9)12-13-43(39)38-32(10)19-25(3)20-33(38)11;1-7-5-3-2-4-6-7/h14-21,40H,12-13,22H2,1-11H3;2-6H,1H3/t40-;/m1./s1. The Hall–Kier alpha value is -4.30. The predicted octanol–water partition coefficient (Wildman–Crippen LogP) is 8.89. The molecule has 0 N–H and O–H groups in total. The van der Waals surface area contributed by atoms with Crippen molar-refractivity contribution in [1.82, 2.24) is 0 Å². The number of nitrogens with zero attached hydrogens (tertiary/aromatic N) is 2. The summed E-state index contributed by atoms with van der Waals surface area (Å²) in [4.78, 5) is 2.75. The predicted molar refractivity (Wildman–Crippen MR) is 222 cm³/mol. The van der Waals surface area contributed by atoms with Crippen LogP contribution in [-0.4, -0.2) is 36.6 Å². The number of fused-ring (bicyclic) bond motifs is 1.